The summed E-state index contributed by atoms with van der Waals surface area (Å²) < 4.78 is 27.5. The predicted octanol–water partition coefficient (Wildman–Crippen LogP) is 3.50. The number of phenolic OH excluding ortho intramolecular Hbond substituents is 1. The Balaban J connectivity index is 2.34. The zero-order chi connectivity index (χ0) is 15.6. The van der Waals surface area contributed by atoms with Crippen molar-refractivity contribution in [2.24, 2.45) is 0 Å². The van der Waals surface area contributed by atoms with Gasteiger partial charge in [-0.2, -0.15) is 0 Å². The van der Waals surface area contributed by atoms with Gasteiger partial charge in [0.15, 0.2) is 0 Å². The summed E-state index contributed by atoms with van der Waals surface area (Å²) >= 11 is 0. The minimum atomic E-state index is -0.812. The van der Waals surface area contributed by atoms with Gasteiger partial charge in [-0.05, 0) is 25.1 Å². The first-order valence-electron chi connectivity index (χ1n) is 6.42. The van der Waals surface area contributed by atoms with E-state index in [0.717, 1.165) is 6.07 Å². The Bertz CT molecular complexity index is 653. The molecule has 0 saturated carbocycles. The van der Waals surface area contributed by atoms with Gasteiger partial charge in [0.25, 0.3) is 5.91 Å². The van der Waals surface area contributed by atoms with E-state index in [-0.39, 0.29) is 0 Å². The molecule has 21 heavy (non-hydrogen) atoms. The molecule has 1 amide bonds. The summed E-state index contributed by atoms with van der Waals surface area (Å²) in [5, 5.41) is 9.66. The maximum atomic E-state index is 13.8. The van der Waals surface area contributed by atoms with Gasteiger partial charge in [0.05, 0.1) is 6.04 Å². The SMILES string of the molecule is CC(c1ccccc1F)N(C)C(=O)c1c(O)cccc1F. The van der Waals surface area contributed by atoms with Gasteiger partial charge in [-0.15, -0.1) is 0 Å². The van der Waals surface area contributed by atoms with Crippen molar-refractivity contribution in [3.63, 3.8) is 0 Å². The molecule has 2 rings (SSSR count). The van der Waals surface area contributed by atoms with Crippen molar-refractivity contribution in [3.8, 4) is 5.75 Å². The third kappa shape index (κ3) is 2.86. The molecule has 1 N–H and O–H groups in total. The van der Waals surface area contributed by atoms with Gasteiger partial charge in [0.2, 0.25) is 0 Å². The summed E-state index contributed by atoms with van der Waals surface area (Å²) in [6.45, 7) is 1.63. The number of carbonyl (C=O) groups is 1. The van der Waals surface area contributed by atoms with Crippen LogP contribution in [0.15, 0.2) is 42.5 Å². The summed E-state index contributed by atoms with van der Waals surface area (Å²) in [5.41, 5.74) is -0.0904. The van der Waals surface area contributed by atoms with Crippen LogP contribution in [-0.4, -0.2) is 23.0 Å². The number of halogens is 2. The third-order valence-corrected chi connectivity index (χ3v) is 3.46. The average Bonchev–Trinajstić information content (AvgIpc) is 2.46. The summed E-state index contributed by atoms with van der Waals surface area (Å²) in [5.74, 6) is -2.40. The van der Waals surface area contributed by atoms with Gasteiger partial charge in [-0.3, -0.25) is 4.79 Å². The second kappa shape index (κ2) is 5.91. The number of aromatic hydroxyl groups is 1. The molecule has 0 fully saturated rings. The topological polar surface area (TPSA) is 40.5 Å². The lowest BCUT2D eigenvalue weighted by molar-refractivity contribution is 0.0732. The largest absolute Gasteiger partial charge is 0.507 e. The Morgan fingerprint density at radius 2 is 1.71 bits per heavy atom. The highest BCUT2D eigenvalue weighted by Gasteiger charge is 2.25. The summed E-state index contributed by atoms with van der Waals surface area (Å²) in [4.78, 5) is 13.5. The molecule has 0 spiro atoms. The van der Waals surface area contributed by atoms with E-state index >= 15 is 0 Å². The van der Waals surface area contributed by atoms with E-state index in [1.165, 1.54) is 30.1 Å². The number of amides is 1. The number of phenols is 1. The molecule has 1 unspecified atom stereocenters. The van der Waals surface area contributed by atoms with Crippen molar-refractivity contribution < 1.29 is 18.7 Å². The monoisotopic (exact) mass is 291 g/mol. The number of carbonyl (C=O) groups excluding carboxylic acids is 1. The smallest absolute Gasteiger partial charge is 0.260 e. The fourth-order valence-corrected chi connectivity index (χ4v) is 2.10. The van der Waals surface area contributed by atoms with Crippen LogP contribution in [0.1, 0.15) is 28.9 Å². The highest BCUT2D eigenvalue weighted by molar-refractivity contribution is 5.97. The number of rotatable bonds is 3. The maximum Gasteiger partial charge on any atom is 0.260 e. The number of hydrogen-bond donors (Lipinski definition) is 1. The first kappa shape index (κ1) is 15.0. The molecule has 0 aliphatic heterocycles. The van der Waals surface area contributed by atoms with Gasteiger partial charge in [0.1, 0.15) is 22.9 Å². The molecule has 0 saturated heterocycles. The minimum Gasteiger partial charge on any atom is -0.507 e. The van der Waals surface area contributed by atoms with E-state index in [4.69, 9.17) is 0 Å². The fraction of sp³-hybridized carbons (Fsp3) is 0.188. The van der Waals surface area contributed by atoms with E-state index < -0.39 is 34.9 Å². The third-order valence-electron chi connectivity index (χ3n) is 3.46. The van der Waals surface area contributed by atoms with Gasteiger partial charge in [-0.1, -0.05) is 24.3 Å². The Morgan fingerprint density at radius 3 is 2.33 bits per heavy atom. The molecule has 3 nitrogen and oxygen atoms in total. The number of hydrogen-bond acceptors (Lipinski definition) is 2. The molecule has 2 aromatic carbocycles. The Labute approximate surface area is 121 Å². The zero-order valence-electron chi connectivity index (χ0n) is 11.7. The summed E-state index contributed by atoms with van der Waals surface area (Å²) in [7, 11) is 1.44. The van der Waals surface area contributed by atoms with Crippen LogP contribution >= 0.6 is 0 Å². The second-order valence-corrected chi connectivity index (χ2v) is 4.75. The van der Waals surface area contributed by atoms with Crippen LogP contribution in [0.5, 0.6) is 5.75 Å². The molecule has 110 valence electrons. The molecule has 2 aromatic rings. The zero-order valence-corrected chi connectivity index (χ0v) is 11.7. The van der Waals surface area contributed by atoms with Crippen LogP contribution in [0.4, 0.5) is 8.78 Å². The standard InChI is InChI=1S/C16H15F2NO2/c1-10(11-6-3-4-7-12(11)17)19(2)16(21)15-13(18)8-5-9-14(15)20/h3-10,20H,1-2H3. The normalized spacial score (nSPS) is 12.0. The first-order chi connectivity index (χ1) is 9.93. The van der Waals surface area contributed by atoms with Crippen molar-refractivity contribution in [2.75, 3.05) is 7.05 Å². The van der Waals surface area contributed by atoms with Crippen LogP contribution in [0.2, 0.25) is 0 Å². The first-order valence-corrected chi connectivity index (χ1v) is 6.42. The molecule has 0 heterocycles. The van der Waals surface area contributed by atoms with Crippen molar-refractivity contribution in [3.05, 3.63) is 65.2 Å². The predicted molar refractivity (Wildman–Crippen MR) is 75.0 cm³/mol. The van der Waals surface area contributed by atoms with Crippen LogP contribution in [-0.2, 0) is 0 Å². The highest BCUT2D eigenvalue weighted by Crippen LogP contribution is 2.27. The van der Waals surface area contributed by atoms with E-state index in [0.29, 0.717) is 5.56 Å². The van der Waals surface area contributed by atoms with E-state index in [1.807, 2.05) is 0 Å². The van der Waals surface area contributed by atoms with Crippen LogP contribution < -0.4 is 0 Å². The lowest BCUT2D eigenvalue weighted by Crippen LogP contribution is -2.30. The van der Waals surface area contributed by atoms with Gasteiger partial charge in [-0.25, -0.2) is 8.78 Å². The quantitative estimate of drug-likeness (QED) is 0.940. The molecule has 0 bridgehead atoms. The molecule has 0 aliphatic rings. The molecular weight excluding hydrogens is 276 g/mol. The minimum absolute atomic E-state index is 0.323. The highest BCUT2D eigenvalue weighted by atomic mass is 19.1. The van der Waals surface area contributed by atoms with Crippen LogP contribution in [0.3, 0.4) is 0 Å². The average molecular weight is 291 g/mol. The Morgan fingerprint density at radius 1 is 1.10 bits per heavy atom. The van der Waals surface area contributed by atoms with Crippen molar-refractivity contribution in [2.45, 2.75) is 13.0 Å². The fourth-order valence-electron chi connectivity index (χ4n) is 2.10. The molecule has 1 atom stereocenters. The van der Waals surface area contributed by atoms with E-state index in [1.54, 1.807) is 25.1 Å². The maximum absolute atomic E-state index is 13.8. The summed E-state index contributed by atoms with van der Waals surface area (Å²) in [6.07, 6.45) is 0. The molecule has 5 heteroatoms. The molecule has 0 aromatic heterocycles. The van der Waals surface area contributed by atoms with Crippen molar-refractivity contribution in [1.29, 1.82) is 0 Å². The Kier molecular flexibility index (Phi) is 4.21. The van der Waals surface area contributed by atoms with E-state index in [9.17, 15) is 18.7 Å². The number of benzene rings is 2. The van der Waals surface area contributed by atoms with Gasteiger partial charge < -0.3 is 10.0 Å². The molecular formula is C16H15F2NO2. The molecule has 0 radical (unpaired) electrons. The Hall–Kier alpha value is -2.43. The second-order valence-electron chi connectivity index (χ2n) is 4.75. The molecule has 0 aliphatic carbocycles. The number of nitrogens with zero attached hydrogens (tertiary/aromatic N) is 1. The lowest BCUT2D eigenvalue weighted by Gasteiger charge is -2.26. The van der Waals surface area contributed by atoms with Gasteiger partial charge in [0, 0.05) is 12.6 Å². The van der Waals surface area contributed by atoms with Crippen molar-refractivity contribution in [1.82, 2.24) is 4.90 Å². The van der Waals surface area contributed by atoms with Gasteiger partial charge >= 0.3 is 0 Å². The summed E-state index contributed by atoms with van der Waals surface area (Å²) in [6, 6.07) is 9.10. The van der Waals surface area contributed by atoms with Crippen LogP contribution in [0, 0.1) is 11.6 Å². The van der Waals surface area contributed by atoms with Crippen LogP contribution in [0.25, 0.3) is 0 Å². The lowest BCUT2D eigenvalue weighted by atomic mass is 10.1. The van der Waals surface area contributed by atoms with Crippen molar-refractivity contribution >= 4 is 5.91 Å². The van der Waals surface area contributed by atoms with E-state index in [2.05, 4.69) is 0 Å².